The molecule has 0 bridgehead atoms. The summed E-state index contributed by atoms with van der Waals surface area (Å²) in [4.78, 5) is 2.69. The van der Waals surface area contributed by atoms with E-state index in [4.69, 9.17) is 0 Å². The van der Waals surface area contributed by atoms with E-state index in [0.717, 1.165) is 4.48 Å². The van der Waals surface area contributed by atoms with E-state index in [2.05, 4.69) is 40.0 Å². The van der Waals surface area contributed by atoms with E-state index in [1.807, 2.05) is 0 Å². The van der Waals surface area contributed by atoms with E-state index in [0.29, 0.717) is 0 Å². The second-order valence-electron chi connectivity index (χ2n) is 11.2. The van der Waals surface area contributed by atoms with Crippen molar-refractivity contribution in [3.8, 4) is 0 Å². The molecule has 174 valence electrons. The number of rotatable bonds is 18. The monoisotopic (exact) mass is 411 g/mol. The number of quaternary nitrogens is 2. The number of likely N-dealkylation sites (N-methyl/N-ethyl adjacent to an activating group) is 2. The number of hydrogen-bond donors (Lipinski definition) is 0. The van der Waals surface area contributed by atoms with Gasteiger partial charge in [-0.25, -0.2) is 0 Å². The summed E-state index contributed by atoms with van der Waals surface area (Å²) < 4.78 is 2.40. The summed E-state index contributed by atoms with van der Waals surface area (Å²) in [5.41, 5.74) is 0. The van der Waals surface area contributed by atoms with Crippen LogP contribution in [0.2, 0.25) is 0 Å². The first-order valence-corrected chi connectivity index (χ1v) is 13.2. The predicted octanol–water partition coefficient (Wildman–Crippen LogP) is 5.94. The number of nitrogens with zero attached hydrogens (tertiary/aromatic N) is 3. The molecule has 0 aromatic heterocycles. The highest BCUT2D eigenvalue weighted by Crippen LogP contribution is 2.15. The summed E-state index contributed by atoms with van der Waals surface area (Å²) in [6, 6.07) is 0. The van der Waals surface area contributed by atoms with Crippen molar-refractivity contribution in [2.75, 3.05) is 74.0 Å². The number of piperazine rings is 1. The fraction of sp³-hybridized carbons (Fsp3) is 1.00. The average molecular weight is 412 g/mol. The van der Waals surface area contributed by atoms with Gasteiger partial charge in [-0.2, -0.15) is 0 Å². The molecule has 0 aromatic carbocycles. The topological polar surface area (TPSA) is 3.24 Å². The van der Waals surface area contributed by atoms with Crippen LogP contribution in [0.3, 0.4) is 0 Å². The van der Waals surface area contributed by atoms with Crippen LogP contribution in [-0.4, -0.2) is 87.9 Å². The molecule has 1 saturated heterocycles. The molecule has 0 saturated carbocycles. The van der Waals surface area contributed by atoms with Crippen LogP contribution in [0, 0.1) is 0 Å². The Labute approximate surface area is 185 Å². The molecule has 1 aliphatic rings. The van der Waals surface area contributed by atoms with Gasteiger partial charge >= 0.3 is 0 Å². The maximum Gasteiger partial charge on any atom is 0.0914 e. The van der Waals surface area contributed by atoms with Gasteiger partial charge in [-0.1, -0.05) is 84.0 Å². The van der Waals surface area contributed by atoms with Gasteiger partial charge in [0.15, 0.2) is 0 Å². The number of unbranched alkanes of at least 4 members (excludes halogenated alkanes) is 13. The zero-order chi connectivity index (χ0) is 21.4. The Morgan fingerprint density at radius 2 is 1.07 bits per heavy atom. The normalized spacial score (nSPS) is 17.7. The summed E-state index contributed by atoms with van der Waals surface area (Å²) in [5, 5.41) is 0. The molecule has 0 spiro atoms. The van der Waals surface area contributed by atoms with E-state index in [-0.39, 0.29) is 0 Å². The molecular formula is C26H57N3+2. The molecule has 1 rings (SSSR count). The van der Waals surface area contributed by atoms with Gasteiger partial charge < -0.3 is 8.97 Å². The van der Waals surface area contributed by atoms with Gasteiger partial charge in [-0.05, 0) is 12.8 Å². The molecule has 0 atom stereocenters. The van der Waals surface area contributed by atoms with Gasteiger partial charge in [0.1, 0.15) is 0 Å². The van der Waals surface area contributed by atoms with Crippen molar-refractivity contribution < 1.29 is 8.97 Å². The average Bonchev–Trinajstić information content (AvgIpc) is 2.67. The Morgan fingerprint density at radius 3 is 1.48 bits per heavy atom. The predicted molar refractivity (Wildman–Crippen MR) is 130 cm³/mol. The van der Waals surface area contributed by atoms with Gasteiger partial charge in [0.05, 0.1) is 54.4 Å². The first-order chi connectivity index (χ1) is 13.8. The fourth-order valence-electron chi connectivity index (χ4n) is 4.57. The van der Waals surface area contributed by atoms with E-state index in [1.54, 1.807) is 0 Å². The van der Waals surface area contributed by atoms with Crippen LogP contribution in [0.4, 0.5) is 0 Å². The lowest BCUT2D eigenvalue weighted by atomic mass is 10.0. The first kappa shape index (κ1) is 26.9. The van der Waals surface area contributed by atoms with Crippen LogP contribution in [0.5, 0.6) is 0 Å². The zero-order valence-electron chi connectivity index (χ0n) is 21.2. The maximum atomic E-state index is 2.69. The van der Waals surface area contributed by atoms with Crippen LogP contribution < -0.4 is 0 Å². The highest BCUT2D eigenvalue weighted by atomic mass is 15.4. The van der Waals surface area contributed by atoms with Crippen molar-refractivity contribution in [2.45, 2.75) is 96.8 Å². The molecule has 0 aliphatic carbocycles. The summed E-state index contributed by atoms with van der Waals surface area (Å²) in [6.07, 6.45) is 20.4. The Bertz CT molecular complexity index is 367. The molecule has 29 heavy (non-hydrogen) atoms. The molecule has 0 aromatic rings. The summed E-state index contributed by atoms with van der Waals surface area (Å²) in [6.45, 7) is 11.6. The Kier molecular flexibility index (Phi) is 14.5. The van der Waals surface area contributed by atoms with Crippen molar-refractivity contribution in [3.05, 3.63) is 0 Å². The third-order valence-electron chi connectivity index (χ3n) is 7.05. The minimum Gasteiger partial charge on any atom is -0.330 e. The van der Waals surface area contributed by atoms with Crippen molar-refractivity contribution in [1.29, 1.82) is 0 Å². The Morgan fingerprint density at radius 1 is 0.655 bits per heavy atom. The van der Waals surface area contributed by atoms with Crippen LogP contribution in [-0.2, 0) is 0 Å². The van der Waals surface area contributed by atoms with Crippen LogP contribution in [0.25, 0.3) is 0 Å². The molecular weight excluding hydrogens is 354 g/mol. The second kappa shape index (κ2) is 15.6. The molecule has 0 N–H and O–H groups in total. The lowest BCUT2D eigenvalue weighted by Crippen LogP contribution is -2.58. The van der Waals surface area contributed by atoms with Crippen molar-refractivity contribution in [1.82, 2.24) is 4.90 Å². The Balaban J connectivity index is 1.89. The molecule has 1 heterocycles. The quantitative estimate of drug-likeness (QED) is 0.199. The summed E-state index contributed by atoms with van der Waals surface area (Å²) in [7, 11) is 9.42. The van der Waals surface area contributed by atoms with Gasteiger partial charge in [0.25, 0.3) is 0 Å². The second-order valence-corrected chi connectivity index (χ2v) is 11.2. The third-order valence-corrected chi connectivity index (χ3v) is 7.05. The molecule has 3 nitrogen and oxygen atoms in total. The van der Waals surface area contributed by atoms with E-state index in [9.17, 15) is 0 Å². The largest absolute Gasteiger partial charge is 0.330 e. The maximum absolute atomic E-state index is 2.69. The smallest absolute Gasteiger partial charge is 0.0914 e. The van der Waals surface area contributed by atoms with E-state index in [1.165, 1.54) is 140 Å². The third kappa shape index (κ3) is 15.3. The lowest BCUT2D eigenvalue weighted by Gasteiger charge is -2.42. The highest BCUT2D eigenvalue weighted by Gasteiger charge is 2.28. The van der Waals surface area contributed by atoms with Gasteiger partial charge in [-0.3, -0.25) is 4.90 Å². The summed E-state index contributed by atoms with van der Waals surface area (Å²) in [5.74, 6) is 0. The van der Waals surface area contributed by atoms with Gasteiger partial charge in [-0.15, -0.1) is 0 Å². The molecule has 1 fully saturated rings. The van der Waals surface area contributed by atoms with Crippen molar-refractivity contribution in [3.63, 3.8) is 0 Å². The first-order valence-electron chi connectivity index (χ1n) is 13.2. The zero-order valence-corrected chi connectivity index (χ0v) is 21.2. The molecule has 3 heteroatoms. The highest BCUT2D eigenvalue weighted by molar-refractivity contribution is 4.63. The Hall–Kier alpha value is -0.120. The van der Waals surface area contributed by atoms with Gasteiger partial charge in [0.2, 0.25) is 0 Å². The van der Waals surface area contributed by atoms with E-state index >= 15 is 0 Å². The summed E-state index contributed by atoms with van der Waals surface area (Å²) >= 11 is 0. The molecule has 1 aliphatic heterocycles. The lowest BCUT2D eigenvalue weighted by molar-refractivity contribution is -0.914. The fourth-order valence-corrected chi connectivity index (χ4v) is 4.57. The molecule has 0 unspecified atom stereocenters. The van der Waals surface area contributed by atoms with Crippen LogP contribution in [0.15, 0.2) is 0 Å². The van der Waals surface area contributed by atoms with Crippen molar-refractivity contribution in [2.24, 2.45) is 0 Å². The van der Waals surface area contributed by atoms with Crippen LogP contribution in [0.1, 0.15) is 96.8 Å². The van der Waals surface area contributed by atoms with E-state index < -0.39 is 0 Å². The minimum absolute atomic E-state index is 1.08. The SMILES string of the molecule is CCCCCCCCCCCCCCCC[N+]1(C)CCN(CC[N+](C)(C)C)CC1. The molecule has 0 amide bonds. The number of hydrogen-bond acceptors (Lipinski definition) is 1. The van der Waals surface area contributed by atoms with Gasteiger partial charge in [0, 0.05) is 19.6 Å². The van der Waals surface area contributed by atoms with Crippen LogP contribution >= 0.6 is 0 Å². The van der Waals surface area contributed by atoms with Crippen molar-refractivity contribution >= 4 is 0 Å². The minimum atomic E-state index is 1.08. The standard InChI is InChI=1S/C26H57N3/c1-6-7-8-9-10-11-12-13-14-15-16-17-18-19-23-29(5)25-21-27(22-26-29)20-24-28(2,3)4/h6-26H2,1-5H3/q+2. The molecule has 0 radical (unpaired) electrons.